The Hall–Kier alpha value is -1.26. The summed E-state index contributed by atoms with van der Waals surface area (Å²) in [7, 11) is 4.09. The van der Waals surface area contributed by atoms with Gasteiger partial charge in [-0.3, -0.25) is 4.79 Å². The fraction of sp³-hybridized carbons (Fsp3) is 0.562. The van der Waals surface area contributed by atoms with Gasteiger partial charge in [-0.2, -0.15) is 0 Å². The van der Waals surface area contributed by atoms with Crippen LogP contribution in [0.2, 0.25) is 0 Å². The van der Waals surface area contributed by atoms with E-state index in [1.54, 1.807) is 0 Å². The molecule has 1 aromatic rings. The number of fused-ring (bicyclic) bond motifs is 1. The lowest BCUT2D eigenvalue weighted by atomic mass is 10.0. The van der Waals surface area contributed by atoms with Gasteiger partial charge in [-0.15, -0.1) is 12.4 Å². The molecule has 1 aromatic carbocycles. The molecular weight excluding hydrogens is 286 g/mol. The molecule has 0 aliphatic carbocycles. The number of benzene rings is 1. The number of carbonyl (C=O) groups is 1. The number of nitrogens with zero attached hydrogens (tertiary/aromatic N) is 2. The summed E-state index contributed by atoms with van der Waals surface area (Å²) in [5.74, 6) is 0.161. The third-order valence-corrected chi connectivity index (χ3v) is 4.62. The SMILES string of the molecule is CN1CCC(N(C)C(=O)c2ccc3c(c2)CCN3)CC1.Cl. The molecule has 3 rings (SSSR count). The van der Waals surface area contributed by atoms with Crippen molar-refractivity contribution in [2.45, 2.75) is 25.3 Å². The summed E-state index contributed by atoms with van der Waals surface area (Å²) in [6.07, 6.45) is 3.17. The molecular formula is C16H24ClN3O. The molecule has 0 aromatic heterocycles. The van der Waals surface area contributed by atoms with Gasteiger partial charge in [0.2, 0.25) is 0 Å². The minimum Gasteiger partial charge on any atom is -0.384 e. The zero-order chi connectivity index (χ0) is 14.1. The number of halogens is 1. The molecule has 0 bridgehead atoms. The second-order valence-electron chi connectivity index (χ2n) is 6.00. The van der Waals surface area contributed by atoms with E-state index in [-0.39, 0.29) is 18.3 Å². The summed E-state index contributed by atoms with van der Waals surface area (Å²) in [4.78, 5) is 16.9. The standard InChI is InChI=1S/C16H23N3O.ClH/c1-18-9-6-14(7-10-18)19(2)16(20)13-3-4-15-12(11-13)5-8-17-15;/h3-4,11,14,17H,5-10H2,1-2H3;1H. The Labute approximate surface area is 132 Å². The minimum atomic E-state index is 0. The zero-order valence-corrected chi connectivity index (χ0v) is 13.6. The topological polar surface area (TPSA) is 35.6 Å². The number of hydrogen-bond acceptors (Lipinski definition) is 3. The van der Waals surface area contributed by atoms with Crippen molar-refractivity contribution in [1.29, 1.82) is 0 Å². The van der Waals surface area contributed by atoms with Crippen LogP contribution in [0.25, 0.3) is 0 Å². The van der Waals surface area contributed by atoms with E-state index in [9.17, 15) is 4.79 Å². The van der Waals surface area contributed by atoms with Crippen LogP contribution in [0, 0.1) is 0 Å². The number of anilines is 1. The van der Waals surface area contributed by atoms with Gasteiger partial charge in [-0.25, -0.2) is 0 Å². The lowest BCUT2D eigenvalue weighted by Gasteiger charge is -2.35. The molecule has 0 unspecified atom stereocenters. The number of piperidine rings is 1. The van der Waals surface area contributed by atoms with Crippen molar-refractivity contribution < 1.29 is 4.79 Å². The first-order valence-electron chi connectivity index (χ1n) is 7.47. The highest BCUT2D eigenvalue weighted by Crippen LogP contribution is 2.24. The fourth-order valence-electron chi connectivity index (χ4n) is 3.19. The smallest absolute Gasteiger partial charge is 0.253 e. The Kier molecular flexibility index (Phi) is 5.12. The van der Waals surface area contributed by atoms with Gasteiger partial charge in [0.1, 0.15) is 0 Å². The van der Waals surface area contributed by atoms with Crippen molar-refractivity contribution in [3.8, 4) is 0 Å². The molecule has 21 heavy (non-hydrogen) atoms. The summed E-state index contributed by atoms with van der Waals surface area (Å²) in [5.41, 5.74) is 3.28. The fourth-order valence-corrected chi connectivity index (χ4v) is 3.19. The third kappa shape index (κ3) is 3.33. The maximum atomic E-state index is 12.6. The molecule has 0 atom stereocenters. The van der Waals surface area contributed by atoms with Crippen LogP contribution < -0.4 is 5.32 Å². The Morgan fingerprint density at radius 1 is 1.33 bits per heavy atom. The highest BCUT2D eigenvalue weighted by molar-refractivity contribution is 5.95. The van der Waals surface area contributed by atoms with Gasteiger partial charge in [0.05, 0.1) is 0 Å². The summed E-state index contributed by atoms with van der Waals surface area (Å²) < 4.78 is 0. The highest BCUT2D eigenvalue weighted by Gasteiger charge is 2.25. The van der Waals surface area contributed by atoms with E-state index < -0.39 is 0 Å². The molecule has 1 fully saturated rings. The van der Waals surface area contributed by atoms with Gasteiger partial charge >= 0.3 is 0 Å². The second kappa shape index (κ2) is 6.67. The number of rotatable bonds is 2. The number of amides is 1. The van der Waals surface area contributed by atoms with Crippen LogP contribution in [0.3, 0.4) is 0 Å². The Morgan fingerprint density at radius 2 is 2.05 bits per heavy atom. The summed E-state index contributed by atoms with van der Waals surface area (Å²) in [6, 6.07) is 6.43. The molecule has 4 nitrogen and oxygen atoms in total. The predicted molar refractivity (Wildman–Crippen MR) is 88.5 cm³/mol. The monoisotopic (exact) mass is 309 g/mol. The highest BCUT2D eigenvalue weighted by atomic mass is 35.5. The second-order valence-corrected chi connectivity index (χ2v) is 6.00. The summed E-state index contributed by atoms with van der Waals surface area (Å²) >= 11 is 0. The van der Waals surface area contributed by atoms with Gasteiger partial charge in [0, 0.05) is 30.9 Å². The number of carbonyl (C=O) groups excluding carboxylic acids is 1. The van der Waals surface area contributed by atoms with Gasteiger partial charge in [-0.05, 0) is 63.2 Å². The van der Waals surface area contributed by atoms with Gasteiger partial charge in [-0.1, -0.05) is 0 Å². The minimum absolute atomic E-state index is 0. The van der Waals surface area contributed by atoms with E-state index >= 15 is 0 Å². The lowest BCUT2D eigenvalue weighted by molar-refractivity contribution is 0.0659. The Balaban J connectivity index is 0.00000161. The van der Waals surface area contributed by atoms with Crippen LogP contribution in [0.15, 0.2) is 18.2 Å². The normalized spacial score (nSPS) is 18.6. The maximum absolute atomic E-state index is 12.6. The van der Waals surface area contributed by atoms with Crippen molar-refractivity contribution in [3.05, 3.63) is 29.3 Å². The molecule has 2 aliphatic heterocycles. The first kappa shape index (κ1) is 16.1. The number of nitrogens with one attached hydrogen (secondary N) is 1. The molecule has 5 heteroatoms. The van der Waals surface area contributed by atoms with Crippen molar-refractivity contribution in [3.63, 3.8) is 0 Å². The van der Waals surface area contributed by atoms with E-state index in [0.29, 0.717) is 6.04 Å². The van der Waals surface area contributed by atoms with E-state index in [1.807, 2.05) is 24.1 Å². The summed E-state index contributed by atoms with van der Waals surface area (Å²) in [6.45, 7) is 3.14. The molecule has 1 amide bonds. The first-order valence-corrected chi connectivity index (χ1v) is 7.47. The van der Waals surface area contributed by atoms with Gasteiger partial charge < -0.3 is 15.1 Å². The van der Waals surface area contributed by atoms with Crippen LogP contribution in [-0.4, -0.2) is 55.5 Å². The first-order chi connectivity index (χ1) is 9.65. The quantitative estimate of drug-likeness (QED) is 0.910. The number of hydrogen-bond donors (Lipinski definition) is 1. The van der Waals surface area contributed by atoms with Crippen molar-refractivity contribution >= 4 is 24.0 Å². The summed E-state index contributed by atoms with van der Waals surface area (Å²) in [5, 5.41) is 3.33. The molecule has 2 heterocycles. The van der Waals surface area contributed by atoms with Gasteiger partial charge in [0.15, 0.2) is 0 Å². The molecule has 0 spiro atoms. The van der Waals surface area contributed by atoms with Crippen LogP contribution in [0.5, 0.6) is 0 Å². The van der Waals surface area contributed by atoms with Crippen LogP contribution in [0.4, 0.5) is 5.69 Å². The predicted octanol–water partition coefficient (Wildman–Crippen LogP) is 2.24. The zero-order valence-electron chi connectivity index (χ0n) is 12.8. The number of likely N-dealkylation sites (tertiary alicyclic amines) is 1. The van der Waals surface area contributed by atoms with Crippen molar-refractivity contribution in [2.75, 3.05) is 39.0 Å². The molecule has 116 valence electrons. The van der Waals surface area contributed by atoms with Crippen molar-refractivity contribution in [2.24, 2.45) is 0 Å². The molecule has 0 saturated carbocycles. The van der Waals surface area contributed by atoms with E-state index in [0.717, 1.165) is 44.5 Å². The third-order valence-electron chi connectivity index (χ3n) is 4.62. The average Bonchev–Trinajstić information content (AvgIpc) is 2.94. The molecule has 1 saturated heterocycles. The van der Waals surface area contributed by atoms with E-state index in [4.69, 9.17) is 0 Å². The Morgan fingerprint density at radius 3 is 2.76 bits per heavy atom. The average molecular weight is 310 g/mol. The molecule has 1 N–H and O–H groups in total. The van der Waals surface area contributed by atoms with Crippen LogP contribution in [-0.2, 0) is 6.42 Å². The van der Waals surface area contributed by atoms with Crippen LogP contribution in [0.1, 0.15) is 28.8 Å². The van der Waals surface area contributed by atoms with E-state index in [1.165, 1.54) is 11.3 Å². The van der Waals surface area contributed by atoms with E-state index in [2.05, 4.69) is 23.3 Å². The van der Waals surface area contributed by atoms with Crippen LogP contribution >= 0.6 is 12.4 Å². The maximum Gasteiger partial charge on any atom is 0.253 e. The van der Waals surface area contributed by atoms with Gasteiger partial charge in [0.25, 0.3) is 5.91 Å². The lowest BCUT2D eigenvalue weighted by Crippen LogP contribution is -2.44. The van der Waals surface area contributed by atoms with Crippen molar-refractivity contribution in [1.82, 2.24) is 9.80 Å². The molecule has 2 aliphatic rings. The Bertz CT molecular complexity index is 512. The largest absolute Gasteiger partial charge is 0.384 e. The molecule has 0 radical (unpaired) electrons.